The van der Waals surface area contributed by atoms with E-state index in [1.807, 2.05) is 6.07 Å². The van der Waals surface area contributed by atoms with Crippen molar-refractivity contribution < 1.29 is 26.7 Å². The minimum absolute atomic E-state index is 0.0273. The molecule has 0 N–H and O–H groups in total. The van der Waals surface area contributed by atoms with Gasteiger partial charge in [0.1, 0.15) is 6.07 Å². The van der Waals surface area contributed by atoms with Crippen LogP contribution in [0, 0.1) is 24.2 Å². The molecule has 1 aliphatic carbocycles. The van der Waals surface area contributed by atoms with Crippen LogP contribution in [0.5, 0.6) is 0 Å². The molecule has 1 aromatic heterocycles. The van der Waals surface area contributed by atoms with E-state index in [1.54, 1.807) is 25.1 Å². The maximum absolute atomic E-state index is 14.5. The number of benzene rings is 1. The smallest absolute Gasteiger partial charge is 0.362 e. The van der Waals surface area contributed by atoms with Crippen molar-refractivity contribution in [2.24, 2.45) is 5.92 Å². The third-order valence-corrected chi connectivity index (χ3v) is 7.68. The van der Waals surface area contributed by atoms with Crippen LogP contribution in [0.2, 0.25) is 0 Å². The molecule has 1 saturated carbocycles. The van der Waals surface area contributed by atoms with Gasteiger partial charge in [0.05, 0.1) is 33.7 Å². The van der Waals surface area contributed by atoms with Gasteiger partial charge in [0.2, 0.25) is 0 Å². The summed E-state index contributed by atoms with van der Waals surface area (Å²) in [6.45, 7) is 2.30. The van der Waals surface area contributed by atoms with Crippen molar-refractivity contribution in [3.63, 3.8) is 0 Å². The first-order valence-electron chi connectivity index (χ1n) is 10.1. The van der Waals surface area contributed by atoms with Gasteiger partial charge >= 0.3 is 6.18 Å². The number of nitriles is 1. The van der Waals surface area contributed by atoms with Gasteiger partial charge in [-0.1, -0.05) is 6.07 Å². The van der Waals surface area contributed by atoms with Gasteiger partial charge in [-0.15, -0.1) is 11.3 Å². The van der Waals surface area contributed by atoms with Crippen LogP contribution in [0.15, 0.2) is 22.7 Å². The summed E-state index contributed by atoms with van der Waals surface area (Å²) in [5.41, 5.74) is 1.46. The van der Waals surface area contributed by atoms with Gasteiger partial charge in [0.25, 0.3) is 5.92 Å². The maximum Gasteiger partial charge on any atom is 0.391 e. The zero-order chi connectivity index (χ0) is 23.7. The van der Waals surface area contributed by atoms with Gasteiger partial charge in [-0.2, -0.15) is 18.4 Å². The highest BCUT2D eigenvalue weighted by Crippen LogP contribution is 2.46. The molecule has 10 heteroatoms. The molecule has 1 fully saturated rings. The SMILES string of the molecule is Cc1nc(C2CCC(C(F)(F)F)CC2)sc1C(OCc1ccc(C#N)c(Br)c1)C(C)(F)F. The van der Waals surface area contributed by atoms with E-state index in [0.717, 1.165) is 18.3 Å². The minimum Gasteiger partial charge on any atom is -0.362 e. The lowest BCUT2D eigenvalue weighted by Crippen LogP contribution is -2.27. The standard InChI is InChI=1S/C22H22BrF5N2OS/c1-12-18(32-20(30-12)14-5-7-16(8-6-14)22(26,27)28)19(21(2,24)25)31-11-13-3-4-15(10-29)17(23)9-13/h3-4,9,14,16,19H,5-8,11H2,1-2H3. The van der Waals surface area contributed by atoms with E-state index < -0.39 is 24.1 Å². The summed E-state index contributed by atoms with van der Waals surface area (Å²) in [7, 11) is 0. The monoisotopic (exact) mass is 536 g/mol. The Bertz CT molecular complexity index is 988. The average molecular weight is 537 g/mol. The molecule has 1 unspecified atom stereocenters. The molecule has 0 radical (unpaired) electrons. The lowest BCUT2D eigenvalue weighted by Gasteiger charge is -2.28. The Balaban J connectivity index is 1.75. The Morgan fingerprint density at radius 2 is 1.88 bits per heavy atom. The fraction of sp³-hybridized carbons (Fsp3) is 0.545. The molecule has 3 rings (SSSR count). The molecular weight excluding hydrogens is 515 g/mol. The summed E-state index contributed by atoms with van der Waals surface area (Å²) in [6.07, 6.45) is -5.00. The summed E-state index contributed by atoms with van der Waals surface area (Å²) in [4.78, 5) is 4.72. The molecule has 1 aliphatic rings. The zero-order valence-corrected chi connectivity index (χ0v) is 19.9. The first kappa shape index (κ1) is 25.1. The third kappa shape index (κ3) is 5.86. The molecule has 1 heterocycles. The summed E-state index contributed by atoms with van der Waals surface area (Å²) >= 11 is 4.37. The van der Waals surface area contributed by atoms with E-state index in [4.69, 9.17) is 10.00 Å². The largest absolute Gasteiger partial charge is 0.391 e. The average Bonchev–Trinajstić information content (AvgIpc) is 3.08. The van der Waals surface area contributed by atoms with E-state index in [-0.39, 0.29) is 30.2 Å². The second kappa shape index (κ2) is 9.74. The van der Waals surface area contributed by atoms with Gasteiger partial charge in [0, 0.05) is 17.3 Å². The summed E-state index contributed by atoms with van der Waals surface area (Å²) in [5.74, 6) is -4.65. The number of aryl methyl sites for hydroxylation is 1. The number of hydrogen-bond acceptors (Lipinski definition) is 4. The van der Waals surface area contributed by atoms with E-state index in [0.29, 0.717) is 39.1 Å². The highest BCUT2D eigenvalue weighted by molar-refractivity contribution is 9.10. The molecule has 0 saturated heterocycles. The Hall–Kier alpha value is -1.57. The van der Waals surface area contributed by atoms with Crippen LogP contribution in [-0.4, -0.2) is 17.1 Å². The van der Waals surface area contributed by atoms with Crippen LogP contribution in [0.4, 0.5) is 22.0 Å². The number of rotatable bonds is 6. The Morgan fingerprint density at radius 3 is 2.41 bits per heavy atom. The molecule has 2 aromatic rings. The quantitative estimate of drug-likeness (QED) is 0.353. The first-order valence-corrected chi connectivity index (χ1v) is 11.7. The van der Waals surface area contributed by atoms with Gasteiger partial charge in [-0.25, -0.2) is 13.8 Å². The number of aromatic nitrogens is 1. The van der Waals surface area contributed by atoms with Crippen LogP contribution in [0.25, 0.3) is 0 Å². The molecule has 3 nitrogen and oxygen atoms in total. The second-order valence-electron chi connectivity index (χ2n) is 8.17. The minimum atomic E-state index is -4.20. The van der Waals surface area contributed by atoms with E-state index in [9.17, 15) is 22.0 Å². The van der Waals surface area contributed by atoms with Crippen molar-refractivity contribution in [2.45, 2.75) is 70.3 Å². The molecule has 1 aromatic carbocycles. The molecular formula is C22H22BrF5N2OS. The Labute approximate surface area is 195 Å². The first-order chi connectivity index (χ1) is 14.9. The molecule has 32 heavy (non-hydrogen) atoms. The molecule has 0 amide bonds. The highest BCUT2D eigenvalue weighted by Gasteiger charge is 2.43. The number of hydrogen-bond donors (Lipinski definition) is 0. The van der Waals surface area contributed by atoms with Crippen molar-refractivity contribution in [1.29, 1.82) is 5.26 Å². The summed E-state index contributed by atoms with van der Waals surface area (Å²) in [6, 6.07) is 6.88. The van der Waals surface area contributed by atoms with Crippen molar-refractivity contribution >= 4 is 27.3 Å². The van der Waals surface area contributed by atoms with E-state index in [1.165, 1.54) is 0 Å². The third-order valence-electron chi connectivity index (χ3n) is 5.66. The molecule has 0 bridgehead atoms. The van der Waals surface area contributed by atoms with Gasteiger partial charge in [-0.05, 0) is 66.2 Å². The van der Waals surface area contributed by atoms with Gasteiger partial charge < -0.3 is 4.74 Å². The topological polar surface area (TPSA) is 45.9 Å². The predicted molar refractivity (Wildman–Crippen MR) is 115 cm³/mol. The van der Waals surface area contributed by atoms with Crippen LogP contribution in [-0.2, 0) is 11.3 Å². The normalized spacial score (nSPS) is 20.7. The van der Waals surface area contributed by atoms with Crippen LogP contribution in [0.1, 0.15) is 71.3 Å². The van der Waals surface area contributed by atoms with E-state index in [2.05, 4.69) is 20.9 Å². The van der Waals surface area contributed by atoms with Crippen molar-refractivity contribution in [3.8, 4) is 6.07 Å². The number of thiazole rings is 1. The number of ether oxygens (including phenoxy) is 1. The number of nitrogens with zero attached hydrogens (tertiary/aromatic N) is 2. The molecule has 1 atom stereocenters. The van der Waals surface area contributed by atoms with Gasteiger partial charge in [0.15, 0.2) is 6.10 Å². The number of alkyl halides is 5. The van der Waals surface area contributed by atoms with Crippen molar-refractivity contribution in [1.82, 2.24) is 4.98 Å². The second-order valence-corrected chi connectivity index (χ2v) is 10.1. The molecule has 0 aliphatic heterocycles. The lowest BCUT2D eigenvalue weighted by atomic mass is 9.82. The van der Waals surface area contributed by atoms with E-state index >= 15 is 0 Å². The Morgan fingerprint density at radius 1 is 1.22 bits per heavy atom. The van der Waals surface area contributed by atoms with Gasteiger partial charge in [-0.3, -0.25) is 0 Å². The zero-order valence-electron chi connectivity index (χ0n) is 17.5. The fourth-order valence-electron chi connectivity index (χ4n) is 3.89. The van der Waals surface area contributed by atoms with Crippen LogP contribution >= 0.6 is 27.3 Å². The maximum atomic E-state index is 14.5. The summed E-state index contributed by atoms with van der Waals surface area (Å²) in [5, 5.41) is 9.60. The van der Waals surface area contributed by atoms with Crippen molar-refractivity contribution in [2.75, 3.05) is 0 Å². The highest BCUT2D eigenvalue weighted by atomic mass is 79.9. The Kier molecular flexibility index (Phi) is 7.62. The van der Waals surface area contributed by atoms with Crippen molar-refractivity contribution in [3.05, 3.63) is 49.4 Å². The fourth-order valence-corrected chi connectivity index (χ4v) is 5.79. The molecule has 174 valence electrons. The van der Waals surface area contributed by atoms with Crippen LogP contribution < -0.4 is 0 Å². The lowest BCUT2D eigenvalue weighted by molar-refractivity contribution is -0.182. The number of halogens is 6. The van der Waals surface area contributed by atoms with Crippen LogP contribution in [0.3, 0.4) is 0 Å². The predicted octanol–water partition coefficient (Wildman–Crippen LogP) is 7.83. The molecule has 0 spiro atoms. The summed E-state index contributed by atoms with van der Waals surface area (Å²) < 4.78 is 73.9.